The summed E-state index contributed by atoms with van der Waals surface area (Å²) in [6.07, 6.45) is 4.36. The van der Waals surface area contributed by atoms with E-state index in [4.69, 9.17) is 16.6 Å². The third kappa shape index (κ3) is 2.87. The normalized spacial score (nSPS) is 15.2. The first kappa shape index (κ1) is 16.3. The minimum atomic E-state index is 0.0484. The molecule has 3 nitrogen and oxygen atoms in total. The topological polar surface area (TPSA) is 34.9 Å². The number of fused-ring (bicyclic) bond motifs is 1. The van der Waals surface area contributed by atoms with Crippen molar-refractivity contribution in [3.8, 4) is 11.4 Å². The van der Waals surface area contributed by atoms with Gasteiger partial charge in [-0.25, -0.2) is 4.98 Å². The van der Waals surface area contributed by atoms with Gasteiger partial charge in [-0.15, -0.1) is 0 Å². The Morgan fingerprint density at radius 3 is 2.44 bits per heavy atom. The quantitative estimate of drug-likeness (QED) is 0.614. The van der Waals surface area contributed by atoms with Gasteiger partial charge in [0.1, 0.15) is 5.82 Å². The highest BCUT2D eigenvalue weighted by Gasteiger charge is 2.24. The van der Waals surface area contributed by atoms with Crippen molar-refractivity contribution in [2.24, 2.45) is 0 Å². The molecule has 0 bridgehead atoms. The van der Waals surface area contributed by atoms with Crippen LogP contribution in [0.3, 0.4) is 0 Å². The summed E-state index contributed by atoms with van der Waals surface area (Å²) in [6.45, 7) is 4.01. The van der Waals surface area contributed by atoms with Crippen LogP contribution < -0.4 is 5.56 Å². The van der Waals surface area contributed by atoms with E-state index in [0.29, 0.717) is 16.2 Å². The Hall–Kier alpha value is -2.13. The predicted molar refractivity (Wildman–Crippen MR) is 103 cm³/mol. The average Bonchev–Trinajstić information content (AvgIpc) is 3.09. The van der Waals surface area contributed by atoms with E-state index in [9.17, 15) is 4.79 Å². The highest BCUT2D eigenvalue weighted by molar-refractivity contribution is 6.33. The minimum Gasteiger partial charge on any atom is -0.289 e. The smallest absolute Gasteiger partial charge is 0.261 e. The van der Waals surface area contributed by atoms with E-state index in [1.807, 2.05) is 54.8 Å². The van der Waals surface area contributed by atoms with Crippen LogP contribution in [0.5, 0.6) is 0 Å². The average molecular weight is 353 g/mol. The van der Waals surface area contributed by atoms with E-state index in [-0.39, 0.29) is 11.6 Å². The van der Waals surface area contributed by atoms with Crippen molar-refractivity contribution in [1.82, 2.24) is 9.55 Å². The molecule has 0 radical (unpaired) electrons. The largest absolute Gasteiger partial charge is 0.289 e. The molecule has 0 atom stereocenters. The number of hydrogen-bond donors (Lipinski definition) is 0. The summed E-state index contributed by atoms with van der Waals surface area (Å²) in [7, 11) is 0. The van der Waals surface area contributed by atoms with E-state index >= 15 is 0 Å². The molecule has 3 aromatic rings. The lowest BCUT2D eigenvalue weighted by atomic mass is 10.1. The van der Waals surface area contributed by atoms with Crippen LogP contribution in [0.4, 0.5) is 0 Å². The second-order valence-corrected chi connectivity index (χ2v) is 7.46. The number of benzene rings is 2. The molecule has 0 amide bonds. The Labute approximate surface area is 152 Å². The van der Waals surface area contributed by atoms with Crippen LogP contribution in [0.1, 0.15) is 42.9 Å². The van der Waals surface area contributed by atoms with Crippen molar-refractivity contribution in [3.05, 3.63) is 62.9 Å². The van der Waals surface area contributed by atoms with Gasteiger partial charge in [-0.3, -0.25) is 9.36 Å². The van der Waals surface area contributed by atoms with E-state index < -0.39 is 0 Å². The molecule has 1 aromatic heterocycles. The Kier molecular flexibility index (Phi) is 4.12. The van der Waals surface area contributed by atoms with E-state index in [0.717, 1.165) is 47.9 Å². The second-order valence-electron chi connectivity index (χ2n) is 7.05. The Bertz CT molecular complexity index is 1020. The van der Waals surface area contributed by atoms with Gasteiger partial charge in [0.25, 0.3) is 5.56 Å². The first-order valence-electron chi connectivity index (χ1n) is 8.84. The van der Waals surface area contributed by atoms with Gasteiger partial charge in [-0.05, 0) is 56.5 Å². The molecule has 0 N–H and O–H groups in total. The summed E-state index contributed by atoms with van der Waals surface area (Å²) in [4.78, 5) is 18.2. The van der Waals surface area contributed by atoms with Crippen molar-refractivity contribution in [2.45, 2.75) is 45.6 Å². The number of hydrogen-bond acceptors (Lipinski definition) is 2. The number of aryl methyl sites for hydroxylation is 2. The van der Waals surface area contributed by atoms with Crippen molar-refractivity contribution < 1.29 is 0 Å². The van der Waals surface area contributed by atoms with Crippen LogP contribution in [0.25, 0.3) is 22.3 Å². The summed E-state index contributed by atoms with van der Waals surface area (Å²) < 4.78 is 1.89. The van der Waals surface area contributed by atoms with Gasteiger partial charge < -0.3 is 0 Å². The van der Waals surface area contributed by atoms with Crippen LogP contribution in [-0.4, -0.2) is 9.55 Å². The van der Waals surface area contributed by atoms with Crippen LogP contribution in [0, 0.1) is 13.8 Å². The van der Waals surface area contributed by atoms with Crippen LogP contribution in [0.2, 0.25) is 5.02 Å². The third-order valence-electron chi connectivity index (χ3n) is 5.11. The van der Waals surface area contributed by atoms with Crippen LogP contribution in [0.15, 0.2) is 41.2 Å². The molecule has 0 aliphatic heterocycles. The van der Waals surface area contributed by atoms with Gasteiger partial charge in [0.05, 0.1) is 15.9 Å². The molecule has 1 aliphatic rings. The highest BCUT2D eigenvalue weighted by atomic mass is 35.5. The maximum Gasteiger partial charge on any atom is 0.261 e. The summed E-state index contributed by atoms with van der Waals surface area (Å²) in [5.41, 5.74) is 3.79. The van der Waals surface area contributed by atoms with Gasteiger partial charge in [-0.1, -0.05) is 42.1 Å². The zero-order valence-corrected chi connectivity index (χ0v) is 15.3. The minimum absolute atomic E-state index is 0.0484. The van der Waals surface area contributed by atoms with Crippen LogP contribution in [-0.2, 0) is 0 Å². The lowest BCUT2D eigenvalue weighted by molar-refractivity contribution is 0.505. The monoisotopic (exact) mass is 352 g/mol. The van der Waals surface area contributed by atoms with Crippen LogP contribution >= 0.6 is 11.6 Å². The first-order valence-corrected chi connectivity index (χ1v) is 9.22. The van der Waals surface area contributed by atoms with Gasteiger partial charge in [0.2, 0.25) is 0 Å². The lowest BCUT2D eigenvalue weighted by Crippen LogP contribution is -2.26. The molecule has 0 spiro atoms. The molecule has 1 heterocycles. The maximum atomic E-state index is 13.3. The summed E-state index contributed by atoms with van der Waals surface area (Å²) in [5.74, 6) is 0.693. The number of rotatable bonds is 2. The number of aromatic nitrogens is 2. The molecular formula is C21H21ClN2O. The van der Waals surface area contributed by atoms with Gasteiger partial charge in [0, 0.05) is 11.6 Å². The zero-order chi connectivity index (χ0) is 17.6. The van der Waals surface area contributed by atoms with Crippen molar-refractivity contribution >= 4 is 22.5 Å². The lowest BCUT2D eigenvalue weighted by Gasteiger charge is -2.20. The molecule has 1 fully saturated rings. The Morgan fingerprint density at radius 1 is 1.04 bits per heavy atom. The van der Waals surface area contributed by atoms with Crippen molar-refractivity contribution in [1.29, 1.82) is 0 Å². The van der Waals surface area contributed by atoms with Crippen molar-refractivity contribution in [2.75, 3.05) is 0 Å². The number of halogens is 1. The molecule has 25 heavy (non-hydrogen) atoms. The fourth-order valence-electron chi connectivity index (χ4n) is 3.81. The summed E-state index contributed by atoms with van der Waals surface area (Å²) in [6, 6.07) is 12.0. The number of nitrogens with zero attached hydrogens (tertiary/aromatic N) is 2. The molecule has 2 aromatic carbocycles. The van der Waals surface area contributed by atoms with E-state index in [1.165, 1.54) is 0 Å². The highest BCUT2D eigenvalue weighted by Crippen LogP contribution is 2.34. The van der Waals surface area contributed by atoms with E-state index in [1.54, 1.807) is 0 Å². The van der Waals surface area contributed by atoms with Gasteiger partial charge >= 0.3 is 0 Å². The fraction of sp³-hybridized carbons (Fsp3) is 0.333. The van der Waals surface area contributed by atoms with Crippen molar-refractivity contribution in [3.63, 3.8) is 0 Å². The molecule has 4 rings (SSSR count). The zero-order valence-electron chi connectivity index (χ0n) is 14.6. The standard InChI is InChI=1S/C21H21ClN2O/c1-13-8-10-19-17(11-13)21(25)24(15-5-3-4-6-15)20(23-19)16-9-7-14(2)12-18(16)22/h7-12,15H,3-6H2,1-2H3. The van der Waals surface area contributed by atoms with E-state index in [2.05, 4.69) is 0 Å². The maximum absolute atomic E-state index is 13.3. The molecular weight excluding hydrogens is 332 g/mol. The van der Waals surface area contributed by atoms with Gasteiger partial charge in [-0.2, -0.15) is 0 Å². The Balaban J connectivity index is 2.06. The summed E-state index contributed by atoms with van der Waals surface area (Å²) >= 11 is 6.52. The first-order chi connectivity index (χ1) is 12.0. The fourth-order valence-corrected chi connectivity index (χ4v) is 4.12. The molecule has 4 heteroatoms. The molecule has 1 saturated carbocycles. The van der Waals surface area contributed by atoms with Gasteiger partial charge in [0.15, 0.2) is 0 Å². The molecule has 1 aliphatic carbocycles. The second kappa shape index (κ2) is 6.30. The third-order valence-corrected chi connectivity index (χ3v) is 5.42. The molecule has 0 unspecified atom stereocenters. The summed E-state index contributed by atoms with van der Waals surface area (Å²) in [5, 5.41) is 1.34. The molecule has 128 valence electrons. The Morgan fingerprint density at radius 2 is 1.72 bits per heavy atom. The predicted octanol–water partition coefficient (Wildman–Crippen LogP) is 5.45. The molecule has 0 saturated heterocycles. The SMILES string of the molecule is Cc1ccc(-c2nc3ccc(C)cc3c(=O)n2C2CCCC2)c(Cl)c1.